The van der Waals surface area contributed by atoms with Crippen LogP contribution in [-0.4, -0.2) is 11.9 Å². The molecule has 1 aromatic heterocycles. The minimum Gasteiger partial charge on any atom is -0.465 e. The zero-order valence-electron chi connectivity index (χ0n) is 10.9. The van der Waals surface area contributed by atoms with E-state index in [9.17, 15) is 4.79 Å². The van der Waals surface area contributed by atoms with Gasteiger partial charge in [-0.25, -0.2) is 0 Å². The number of carbonyl (C=O) groups excluding carboxylic acids is 1. The highest BCUT2D eigenvalue weighted by molar-refractivity contribution is 5.91. The van der Waals surface area contributed by atoms with Crippen LogP contribution in [0.3, 0.4) is 0 Å². The predicted octanol–water partition coefficient (Wildman–Crippen LogP) is 3.04. The van der Waals surface area contributed by atoms with Crippen LogP contribution in [0, 0.1) is 0 Å². The molecule has 0 aliphatic carbocycles. The third-order valence-electron chi connectivity index (χ3n) is 2.72. The van der Waals surface area contributed by atoms with E-state index in [0.717, 1.165) is 6.42 Å². The summed E-state index contributed by atoms with van der Waals surface area (Å²) in [6, 6.07) is 13.8. The molecule has 1 amide bonds. The molecule has 0 aliphatic heterocycles. The van der Waals surface area contributed by atoms with Crippen molar-refractivity contribution in [2.24, 2.45) is 0 Å². The molecule has 0 saturated heterocycles. The normalized spacial score (nSPS) is 12.5. The van der Waals surface area contributed by atoms with E-state index in [1.54, 1.807) is 24.5 Å². The Hall–Kier alpha value is -2.29. The Labute approximate surface area is 112 Å². The van der Waals surface area contributed by atoms with E-state index < -0.39 is 0 Å². The number of nitrogens with one attached hydrogen (secondary N) is 1. The van der Waals surface area contributed by atoms with Crippen molar-refractivity contribution in [2.45, 2.75) is 19.4 Å². The maximum atomic E-state index is 11.7. The lowest BCUT2D eigenvalue weighted by molar-refractivity contribution is -0.117. The number of hydrogen-bond acceptors (Lipinski definition) is 2. The second kappa shape index (κ2) is 6.59. The van der Waals surface area contributed by atoms with E-state index in [-0.39, 0.29) is 11.9 Å². The summed E-state index contributed by atoms with van der Waals surface area (Å²) in [5, 5.41) is 2.92. The molecule has 1 atom stereocenters. The molecule has 3 nitrogen and oxygen atoms in total. The van der Waals surface area contributed by atoms with E-state index in [1.807, 2.05) is 25.1 Å². The topological polar surface area (TPSA) is 42.2 Å². The third-order valence-corrected chi connectivity index (χ3v) is 2.72. The molecule has 0 aliphatic rings. The SMILES string of the molecule is CC(Cc1ccccc1)NC(=O)/C=C/c1ccco1. The van der Waals surface area contributed by atoms with Gasteiger partial charge in [-0.3, -0.25) is 4.79 Å². The van der Waals surface area contributed by atoms with Crippen molar-refractivity contribution in [1.29, 1.82) is 0 Å². The van der Waals surface area contributed by atoms with Gasteiger partial charge in [-0.1, -0.05) is 30.3 Å². The Balaban J connectivity index is 1.82. The fraction of sp³-hybridized carbons (Fsp3) is 0.188. The van der Waals surface area contributed by atoms with Gasteiger partial charge in [0.1, 0.15) is 5.76 Å². The number of hydrogen-bond donors (Lipinski definition) is 1. The summed E-state index contributed by atoms with van der Waals surface area (Å²) in [5.41, 5.74) is 1.21. The highest BCUT2D eigenvalue weighted by atomic mass is 16.3. The largest absolute Gasteiger partial charge is 0.465 e. The van der Waals surface area contributed by atoms with Gasteiger partial charge in [0.05, 0.1) is 6.26 Å². The summed E-state index contributed by atoms with van der Waals surface area (Å²) in [6.45, 7) is 1.99. The highest BCUT2D eigenvalue weighted by Crippen LogP contribution is 2.04. The molecule has 1 heterocycles. The second-order valence-electron chi connectivity index (χ2n) is 4.45. The van der Waals surface area contributed by atoms with Crippen LogP contribution in [-0.2, 0) is 11.2 Å². The van der Waals surface area contributed by atoms with Crippen molar-refractivity contribution in [3.63, 3.8) is 0 Å². The first-order chi connectivity index (χ1) is 9.24. The van der Waals surface area contributed by atoms with E-state index in [4.69, 9.17) is 4.42 Å². The molecule has 0 spiro atoms. The maximum absolute atomic E-state index is 11.7. The van der Waals surface area contributed by atoms with Gasteiger partial charge in [-0.05, 0) is 37.1 Å². The Morgan fingerprint density at radius 3 is 2.74 bits per heavy atom. The molecule has 0 fully saturated rings. The molecule has 2 aromatic rings. The van der Waals surface area contributed by atoms with Crippen LogP contribution < -0.4 is 5.32 Å². The van der Waals surface area contributed by atoms with Crippen LogP contribution in [0.15, 0.2) is 59.2 Å². The average molecular weight is 255 g/mol. The van der Waals surface area contributed by atoms with E-state index >= 15 is 0 Å². The zero-order valence-corrected chi connectivity index (χ0v) is 10.9. The number of benzene rings is 1. The van der Waals surface area contributed by atoms with Crippen molar-refractivity contribution >= 4 is 12.0 Å². The van der Waals surface area contributed by atoms with Gasteiger partial charge in [0.2, 0.25) is 5.91 Å². The number of furan rings is 1. The monoisotopic (exact) mass is 255 g/mol. The van der Waals surface area contributed by atoms with Crippen LogP contribution in [0.4, 0.5) is 0 Å². The van der Waals surface area contributed by atoms with Crippen LogP contribution in [0.25, 0.3) is 6.08 Å². The quantitative estimate of drug-likeness (QED) is 0.834. The fourth-order valence-corrected chi connectivity index (χ4v) is 1.85. The lowest BCUT2D eigenvalue weighted by Crippen LogP contribution is -2.32. The molecule has 2 rings (SSSR count). The first-order valence-electron chi connectivity index (χ1n) is 6.30. The lowest BCUT2D eigenvalue weighted by atomic mass is 10.1. The Bertz CT molecular complexity index is 529. The molecule has 19 heavy (non-hydrogen) atoms. The summed E-state index contributed by atoms with van der Waals surface area (Å²) < 4.78 is 5.12. The molecule has 0 saturated carbocycles. The molecular weight excluding hydrogens is 238 g/mol. The van der Waals surface area contributed by atoms with Gasteiger partial charge in [-0.2, -0.15) is 0 Å². The van der Waals surface area contributed by atoms with Crippen LogP contribution in [0.2, 0.25) is 0 Å². The second-order valence-corrected chi connectivity index (χ2v) is 4.45. The Morgan fingerprint density at radius 1 is 1.26 bits per heavy atom. The fourth-order valence-electron chi connectivity index (χ4n) is 1.85. The highest BCUT2D eigenvalue weighted by Gasteiger charge is 2.05. The van der Waals surface area contributed by atoms with Crippen molar-refractivity contribution < 1.29 is 9.21 Å². The predicted molar refractivity (Wildman–Crippen MR) is 75.5 cm³/mol. The average Bonchev–Trinajstić information content (AvgIpc) is 2.90. The Morgan fingerprint density at radius 2 is 2.05 bits per heavy atom. The summed E-state index contributed by atoms with van der Waals surface area (Å²) in [5.74, 6) is 0.561. The van der Waals surface area contributed by atoms with Gasteiger partial charge >= 0.3 is 0 Å². The molecule has 1 N–H and O–H groups in total. The van der Waals surface area contributed by atoms with Crippen molar-refractivity contribution in [3.8, 4) is 0 Å². The number of carbonyl (C=O) groups is 1. The summed E-state index contributed by atoms with van der Waals surface area (Å²) in [4.78, 5) is 11.7. The van der Waals surface area contributed by atoms with E-state index in [1.165, 1.54) is 11.6 Å². The van der Waals surface area contributed by atoms with Gasteiger partial charge in [0.25, 0.3) is 0 Å². The van der Waals surface area contributed by atoms with Gasteiger partial charge in [0, 0.05) is 12.1 Å². The first-order valence-corrected chi connectivity index (χ1v) is 6.30. The molecule has 98 valence electrons. The Kier molecular flexibility index (Phi) is 4.56. The van der Waals surface area contributed by atoms with Gasteiger partial charge in [0.15, 0.2) is 0 Å². The van der Waals surface area contributed by atoms with Crippen molar-refractivity contribution in [2.75, 3.05) is 0 Å². The number of amides is 1. The summed E-state index contributed by atoms with van der Waals surface area (Å²) in [7, 11) is 0. The third kappa shape index (κ3) is 4.47. The standard InChI is InChI=1S/C16H17NO2/c1-13(12-14-6-3-2-4-7-14)17-16(18)10-9-15-8-5-11-19-15/h2-11,13H,12H2,1H3,(H,17,18)/b10-9+. The lowest BCUT2D eigenvalue weighted by Gasteiger charge is -2.12. The van der Waals surface area contributed by atoms with Crippen LogP contribution in [0.1, 0.15) is 18.2 Å². The minimum absolute atomic E-state index is 0.0937. The molecule has 3 heteroatoms. The van der Waals surface area contributed by atoms with Gasteiger partial charge in [-0.15, -0.1) is 0 Å². The summed E-state index contributed by atoms with van der Waals surface area (Å²) >= 11 is 0. The molecular formula is C16H17NO2. The van der Waals surface area contributed by atoms with E-state index in [2.05, 4.69) is 17.4 Å². The minimum atomic E-state index is -0.111. The summed E-state index contributed by atoms with van der Waals surface area (Å²) in [6.07, 6.45) is 5.54. The van der Waals surface area contributed by atoms with Crippen molar-refractivity contribution in [3.05, 3.63) is 66.1 Å². The van der Waals surface area contributed by atoms with Crippen LogP contribution in [0.5, 0.6) is 0 Å². The smallest absolute Gasteiger partial charge is 0.244 e. The molecule has 1 unspecified atom stereocenters. The van der Waals surface area contributed by atoms with Crippen molar-refractivity contribution in [1.82, 2.24) is 5.32 Å². The maximum Gasteiger partial charge on any atom is 0.244 e. The number of rotatable bonds is 5. The zero-order chi connectivity index (χ0) is 13.5. The molecule has 1 aromatic carbocycles. The van der Waals surface area contributed by atoms with Gasteiger partial charge < -0.3 is 9.73 Å². The van der Waals surface area contributed by atoms with Crippen LogP contribution >= 0.6 is 0 Å². The molecule has 0 radical (unpaired) electrons. The molecule has 0 bridgehead atoms. The first kappa shape index (κ1) is 13.1. The van der Waals surface area contributed by atoms with E-state index in [0.29, 0.717) is 5.76 Å².